The van der Waals surface area contributed by atoms with E-state index in [-0.39, 0.29) is 23.4 Å². The molecule has 2 rings (SSSR count). The normalized spacial score (nSPS) is 12.4. The molecule has 0 radical (unpaired) electrons. The molecule has 1 heterocycles. The van der Waals surface area contributed by atoms with Crippen LogP contribution >= 0.6 is 0 Å². The third kappa shape index (κ3) is 3.50. The van der Waals surface area contributed by atoms with Crippen LogP contribution < -0.4 is 16.3 Å². The standard InChI is InChI=1S/C14H18N4O3/c1-7(2)12(15-8(3)19)13(20)16-9-4-5-10-11(6-9)18-14(21)17-10/h4-7,12H,1-3H3,(H,15,19)(H,16,20)(H2,17,18,21). The topological polar surface area (TPSA) is 107 Å². The highest BCUT2D eigenvalue weighted by Gasteiger charge is 2.23. The maximum Gasteiger partial charge on any atom is 0.323 e. The summed E-state index contributed by atoms with van der Waals surface area (Å²) in [5, 5.41) is 5.37. The van der Waals surface area contributed by atoms with Gasteiger partial charge >= 0.3 is 5.69 Å². The number of anilines is 1. The Morgan fingerprint density at radius 2 is 1.81 bits per heavy atom. The molecule has 0 aliphatic carbocycles. The molecular formula is C14H18N4O3. The molecule has 1 atom stereocenters. The Labute approximate surface area is 121 Å². The fourth-order valence-corrected chi connectivity index (χ4v) is 2.08. The van der Waals surface area contributed by atoms with E-state index in [1.54, 1.807) is 18.2 Å². The van der Waals surface area contributed by atoms with Crippen LogP contribution in [-0.4, -0.2) is 27.8 Å². The van der Waals surface area contributed by atoms with Crippen LogP contribution in [0.3, 0.4) is 0 Å². The highest BCUT2D eigenvalue weighted by atomic mass is 16.2. The van der Waals surface area contributed by atoms with Crippen LogP contribution in [-0.2, 0) is 9.59 Å². The number of amides is 2. The van der Waals surface area contributed by atoms with Gasteiger partial charge in [-0.2, -0.15) is 0 Å². The van der Waals surface area contributed by atoms with Gasteiger partial charge in [-0.3, -0.25) is 9.59 Å². The molecular weight excluding hydrogens is 272 g/mol. The Kier molecular flexibility index (Phi) is 4.11. The third-order valence-electron chi connectivity index (χ3n) is 3.09. The van der Waals surface area contributed by atoms with E-state index in [9.17, 15) is 14.4 Å². The van der Waals surface area contributed by atoms with Gasteiger partial charge in [-0.1, -0.05) is 13.8 Å². The largest absolute Gasteiger partial charge is 0.344 e. The van der Waals surface area contributed by atoms with Crippen molar-refractivity contribution in [1.82, 2.24) is 15.3 Å². The fourth-order valence-electron chi connectivity index (χ4n) is 2.08. The van der Waals surface area contributed by atoms with E-state index in [0.717, 1.165) is 0 Å². The number of aromatic nitrogens is 2. The predicted octanol–water partition coefficient (Wildman–Crippen LogP) is 0.955. The fraction of sp³-hybridized carbons (Fsp3) is 0.357. The van der Waals surface area contributed by atoms with Gasteiger partial charge in [0.2, 0.25) is 11.8 Å². The zero-order chi connectivity index (χ0) is 15.6. The van der Waals surface area contributed by atoms with Crippen molar-refractivity contribution in [2.45, 2.75) is 26.8 Å². The molecule has 7 heteroatoms. The second kappa shape index (κ2) is 5.82. The lowest BCUT2D eigenvalue weighted by molar-refractivity contribution is -0.126. The quantitative estimate of drug-likeness (QED) is 0.673. The lowest BCUT2D eigenvalue weighted by atomic mass is 10.0. The van der Waals surface area contributed by atoms with Crippen molar-refractivity contribution in [3.63, 3.8) is 0 Å². The van der Waals surface area contributed by atoms with Gasteiger partial charge in [0.05, 0.1) is 11.0 Å². The first-order valence-electron chi connectivity index (χ1n) is 6.67. The molecule has 1 unspecified atom stereocenters. The summed E-state index contributed by atoms with van der Waals surface area (Å²) < 4.78 is 0. The average Bonchev–Trinajstić information content (AvgIpc) is 2.74. The van der Waals surface area contributed by atoms with Crippen molar-refractivity contribution in [2.75, 3.05) is 5.32 Å². The number of fused-ring (bicyclic) bond motifs is 1. The zero-order valence-corrected chi connectivity index (χ0v) is 12.1. The number of carbonyl (C=O) groups is 2. The van der Waals surface area contributed by atoms with E-state index in [2.05, 4.69) is 20.6 Å². The minimum atomic E-state index is -0.608. The van der Waals surface area contributed by atoms with Crippen molar-refractivity contribution >= 4 is 28.5 Å². The molecule has 0 saturated heterocycles. The predicted molar refractivity (Wildman–Crippen MR) is 80.0 cm³/mol. The molecule has 2 aromatic rings. The molecule has 7 nitrogen and oxygen atoms in total. The van der Waals surface area contributed by atoms with E-state index in [1.807, 2.05) is 13.8 Å². The Bertz CT molecular complexity index is 729. The van der Waals surface area contributed by atoms with Gasteiger partial charge < -0.3 is 20.6 Å². The van der Waals surface area contributed by atoms with Crippen molar-refractivity contribution in [1.29, 1.82) is 0 Å². The summed E-state index contributed by atoms with van der Waals surface area (Å²) in [6, 6.07) is 4.44. The Morgan fingerprint density at radius 1 is 1.14 bits per heavy atom. The molecule has 112 valence electrons. The molecule has 0 aliphatic rings. The molecule has 0 aliphatic heterocycles. The first kappa shape index (κ1) is 14.8. The highest BCUT2D eigenvalue weighted by Crippen LogP contribution is 2.15. The van der Waals surface area contributed by atoms with Crippen molar-refractivity contribution in [3.05, 3.63) is 28.7 Å². The number of carbonyl (C=O) groups excluding carboxylic acids is 2. The summed E-state index contributed by atoms with van der Waals surface area (Å²) in [6.07, 6.45) is 0. The second-order valence-electron chi connectivity index (χ2n) is 5.25. The number of hydrogen-bond acceptors (Lipinski definition) is 3. The van der Waals surface area contributed by atoms with E-state index < -0.39 is 6.04 Å². The molecule has 0 spiro atoms. The Hall–Kier alpha value is -2.57. The van der Waals surface area contributed by atoms with Gasteiger partial charge in [-0.05, 0) is 24.1 Å². The van der Waals surface area contributed by atoms with Gasteiger partial charge in [0.15, 0.2) is 0 Å². The maximum absolute atomic E-state index is 12.2. The zero-order valence-electron chi connectivity index (χ0n) is 12.1. The molecule has 1 aromatic carbocycles. The number of aromatic amines is 2. The van der Waals surface area contributed by atoms with Gasteiger partial charge in [-0.25, -0.2) is 4.79 Å². The Balaban J connectivity index is 2.19. The lowest BCUT2D eigenvalue weighted by Crippen LogP contribution is -2.46. The number of imidazole rings is 1. The van der Waals surface area contributed by atoms with Crippen molar-refractivity contribution < 1.29 is 9.59 Å². The minimum Gasteiger partial charge on any atom is -0.344 e. The number of H-pyrrole nitrogens is 2. The molecule has 4 N–H and O–H groups in total. The SMILES string of the molecule is CC(=O)NC(C(=O)Nc1ccc2[nH]c(=O)[nH]c2c1)C(C)C. The summed E-state index contributed by atoms with van der Waals surface area (Å²) in [7, 11) is 0. The van der Waals surface area contributed by atoms with Crippen LogP contribution in [0.1, 0.15) is 20.8 Å². The molecule has 0 fully saturated rings. The summed E-state index contributed by atoms with van der Waals surface area (Å²) in [6.45, 7) is 5.08. The van der Waals surface area contributed by atoms with E-state index in [1.165, 1.54) is 6.92 Å². The van der Waals surface area contributed by atoms with Gasteiger partial charge in [0, 0.05) is 12.6 Å². The molecule has 0 saturated carbocycles. The lowest BCUT2D eigenvalue weighted by Gasteiger charge is -2.20. The van der Waals surface area contributed by atoms with Crippen molar-refractivity contribution in [2.24, 2.45) is 5.92 Å². The summed E-state index contributed by atoms with van der Waals surface area (Å²) in [5.74, 6) is -0.587. The first-order valence-corrected chi connectivity index (χ1v) is 6.67. The number of nitrogens with one attached hydrogen (secondary N) is 4. The molecule has 2 amide bonds. The van der Waals surface area contributed by atoms with E-state index in [0.29, 0.717) is 16.7 Å². The van der Waals surface area contributed by atoms with Crippen LogP contribution in [0.25, 0.3) is 11.0 Å². The van der Waals surface area contributed by atoms with Gasteiger partial charge in [-0.15, -0.1) is 0 Å². The summed E-state index contributed by atoms with van der Waals surface area (Å²) in [4.78, 5) is 39.8. The second-order valence-corrected chi connectivity index (χ2v) is 5.25. The van der Waals surface area contributed by atoms with Crippen LogP contribution in [0.2, 0.25) is 0 Å². The van der Waals surface area contributed by atoms with Gasteiger partial charge in [0.25, 0.3) is 0 Å². The van der Waals surface area contributed by atoms with Crippen LogP contribution in [0.5, 0.6) is 0 Å². The maximum atomic E-state index is 12.2. The van der Waals surface area contributed by atoms with E-state index >= 15 is 0 Å². The number of benzene rings is 1. The van der Waals surface area contributed by atoms with Crippen molar-refractivity contribution in [3.8, 4) is 0 Å². The molecule has 0 bridgehead atoms. The monoisotopic (exact) mass is 290 g/mol. The van der Waals surface area contributed by atoms with E-state index in [4.69, 9.17) is 0 Å². The molecule has 21 heavy (non-hydrogen) atoms. The summed E-state index contributed by atoms with van der Waals surface area (Å²) >= 11 is 0. The minimum absolute atomic E-state index is 0.0373. The first-order chi connectivity index (χ1) is 9.86. The van der Waals surface area contributed by atoms with Gasteiger partial charge in [0.1, 0.15) is 6.04 Å². The average molecular weight is 290 g/mol. The highest BCUT2D eigenvalue weighted by molar-refractivity contribution is 5.98. The Morgan fingerprint density at radius 3 is 2.43 bits per heavy atom. The van der Waals surface area contributed by atoms with Crippen LogP contribution in [0, 0.1) is 5.92 Å². The molecule has 1 aromatic heterocycles. The number of rotatable bonds is 4. The van der Waals surface area contributed by atoms with Crippen LogP contribution in [0.15, 0.2) is 23.0 Å². The smallest absolute Gasteiger partial charge is 0.323 e. The third-order valence-corrected chi connectivity index (χ3v) is 3.09. The van der Waals surface area contributed by atoms with Crippen LogP contribution in [0.4, 0.5) is 5.69 Å². The summed E-state index contributed by atoms with van der Waals surface area (Å²) in [5.41, 5.74) is 1.53. The number of hydrogen-bond donors (Lipinski definition) is 4.